The molecule has 0 aromatic heterocycles. The molecule has 2 unspecified atom stereocenters. The zero-order chi connectivity index (χ0) is 24.9. The van der Waals surface area contributed by atoms with E-state index < -0.39 is 51.5 Å². The van der Waals surface area contributed by atoms with Gasteiger partial charge in [0.15, 0.2) is 9.84 Å². The van der Waals surface area contributed by atoms with E-state index in [-0.39, 0.29) is 23.3 Å². The minimum Gasteiger partial charge on any atom is -0.322 e. The van der Waals surface area contributed by atoms with Crippen LogP contribution < -0.4 is 5.43 Å². The molecule has 2 fully saturated rings. The average Bonchev–Trinajstić information content (AvgIpc) is 3.49. The fraction of sp³-hybridized carbons (Fsp3) is 0.476. The van der Waals surface area contributed by atoms with Gasteiger partial charge in [-0.15, -0.1) is 0 Å². The molecular formula is C21H25F2N2O6PS2. The molecule has 0 radical (unpaired) electrons. The number of carbonyl (C=O) groups is 1. The Morgan fingerprint density at radius 2 is 1.79 bits per heavy atom. The van der Waals surface area contributed by atoms with Crippen molar-refractivity contribution in [3.63, 3.8) is 0 Å². The van der Waals surface area contributed by atoms with Crippen LogP contribution in [0.3, 0.4) is 0 Å². The number of halogens is 2. The summed E-state index contributed by atoms with van der Waals surface area (Å²) in [6, 6.07) is 5.30. The summed E-state index contributed by atoms with van der Waals surface area (Å²) >= 11 is 0.836. The third-order valence-electron chi connectivity index (χ3n) is 6.06. The van der Waals surface area contributed by atoms with Gasteiger partial charge in [-0.25, -0.2) is 17.2 Å². The number of benzene rings is 1. The van der Waals surface area contributed by atoms with Crippen molar-refractivity contribution in [1.29, 1.82) is 0 Å². The van der Waals surface area contributed by atoms with Crippen LogP contribution >= 0.6 is 19.4 Å². The molecule has 0 bridgehead atoms. The Bertz CT molecular complexity index is 1170. The first kappa shape index (κ1) is 25.4. The van der Waals surface area contributed by atoms with Crippen molar-refractivity contribution in [2.24, 2.45) is 5.92 Å². The van der Waals surface area contributed by atoms with Crippen molar-refractivity contribution in [3.05, 3.63) is 53.1 Å². The topological polar surface area (TPSA) is 124 Å². The molecule has 4 rings (SSSR count). The minimum atomic E-state index is -4.99. The number of hydrogen-bond acceptors (Lipinski definition) is 6. The zero-order valence-corrected chi connectivity index (χ0v) is 20.7. The van der Waals surface area contributed by atoms with Crippen LogP contribution in [0.15, 0.2) is 52.4 Å². The Hall–Kier alpha value is -1.72. The molecule has 34 heavy (non-hydrogen) atoms. The lowest BCUT2D eigenvalue weighted by atomic mass is 10.1. The molecular weight excluding hydrogens is 509 g/mol. The number of thioether (sulfide) groups is 1. The van der Waals surface area contributed by atoms with Crippen LogP contribution in [0.2, 0.25) is 0 Å². The molecule has 13 heteroatoms. The van der Waals surface area contributed by atoms with Crippen LogP contribution in [-0.4, -0.2) is 46.7 Å². The number of sulfone groups is 1. The van der Waals surface area contributed by atoms with E-state index in [0.717, 1.165) is 22.8 Å². The molecule has 1 amide bonds. The van der Waals surface area contributed by atoms with Gasteiger partial charge in [0.25, 0.3) is 5.91 Å². The summed E-state index contributed by atoms with van der Waals surface area (Å²) in [6.45, 7) is 1.62. The minimum absolute atomic E-state index is 0.0357. The Kier molecular flexibility index (Phi) is 6.76. The highest BCUT2D eigenvalue weighted by atomic mass is 32.2. The Morgan fingerprint density at radius 3 is 2.32 bits per heavy atom. The summed E-state index contributed by atoms with van der Waals surface area (Å²) in [5.74, 6) is -1.18. The van der Waals surface area contributed by atoms with Crippen LogP contribution in [0.1, 0.15) is 38.2 Å². The molecule has 3 aliphatic rings. The van der Waals surface area contributed by atoms with E-state index in [4.69, 9.17) is 0 Å². The van der Waals surface area contributed by atoms with Crippen LogP contribution in [-0.2, 0) is 23.8 Å². The fourth-order valence-electron chi connectivity index (χ4n) is 4.18. The lowest BCUT2D eigenvalue weighted by Gasteiger charge is -2.38. The molecule has 1 aliphatic heterocycles. The summed E-state index contributed by atoms with van der Waals surface area (Å²) in [5.41, 5.74) is 2.54. The summed E-state index contributed by atoms with van der Waals surface area (Å²) in [4.78, 5) is 33.8. The van der Waals surface area contributed by atoms with Crippen LogP contribution in [0.5, 0.6) is 0 Å². The van der Waals surface area contributed by atoms with Gasteiger partial charge in [0, 0.05) is 22.7 Å². The first-order chi connectivity index (χ1) is 15.8. The zero-order valence-electron chi connectivity index (χ0n) is 18.2. The van der Waals surface area contributed by atoms with Gasteiger partial charge < -0.3 is 9.79 Å². The molecule has 4 atom stereocenters. The van der Waals surface area contributed by atoms with Crippen molar-refractivity contribution >= 4 is 35.1 Å². The summed E-state index contributed by atoms with van der Waals surface area (Å²) in [5, 5.41) is 0.580. The quantitative estimate of drug-likeness (QED) is 0.359. The molecule has 1 aromatic rings. The second-order valence-electron chi connectivity index (χ2n) is 8.73. The predicted octanol–water partition coefficient (Wildman–Crippen LogP) is 3.49. The Labute approximate surface area is 200 Å². The number of amides is 1. The maximum Gasteiger partial charge on any atom is 0.368 e. The highest BCUT2D eigenvalue weighted by Crippen LogP contribution is 2.68. The van der Waals surface area contributed by atoms with Gasteiger partial charge >= 0.3 is 7.60 Å². The molecule has 2 aliphatic carbocycles. The summed E-state index contributed by atoms with van der Waals surface area (Å²) in [6.07, 6.45) is 1.80. The third-order valence-corrected chi connectivity index (χ3v) is 11.7. The SMILES string of the molecule is CC1=CN(NC(=O)/C=C/C2C[C@@H](F)[C@@H](F)C2)C(c2ccc(S(=O)(=O)C3CC3)cc2)(P(=O)(O)O)S1. The van der Waals surface area contributed by atoms with Gasteiger partial charge in [0.1, 0.15) is 12.3 Å². The van der Waals surface area contributed by atoms with Crippen molar-refractivity contribution in [3.8, 4) is 0 Å². The largest absolute Gasteiger partial charge is 0.368 e. The first-order valence-electron chi connectivity index (χ1n) is 10.7. The highest BCUT2D eigenvalue weighted by Gasteiger charge is 2.57. The highest BCUT2D eigenvalue weighted by molar-refractivity contribution is 8.09. The number of rotatable bonds is 7. The second kappa shape index (κ2) is 9.05. The standard InChI is InChI=1S/C21H25F2N2O6PS2/c1-13-12-25(24-20(26)9-2-14-10-18(22)19(23)11-14)21(33-13,32(27,28)29)15-3-5-16(6-4-15)34(30,31)17-7-8-17/h2-6,9,12,14,17-19H,7-8,10-11H2,1H3,(H,24,26)(H2,27,28,29)/b9-2+/t14?,18-,19+,21?. The van der Waals surface area contributed by atoms with E-state index in [2.05, 4.69) is 5.43 Å². The van der Waals surface area contributed by atoms with E-state index in [1.165, 1.54) is 36.5 Å². The van der Waals surface area contributed by atoms with Gasteiger partial charge in [0.2, 0.25) is 4.61 Å². The summed E-state index contributed by atoms with van der Waals surface area (Å²) < 4.78 is 62.5. The Morgan fingerprint density at radius 1 is 1.21 bits per heavy atom. The lowest BCUT2D eigenvalue weighted by Crippen LogP contribution is -2.48. The molecule has 186 valence electrons. The number of nitrogens with one attached hydrogen (secondary N) is 1. The lowest BCUT2D eigenvalue weighted by molar-refractivity contribution is -0.120. The van der Waals surface area contributed by atoms with Gasteiger partial charge in [-0.05, 0) is 50.7 Å². The maximum atomic E-state index is 13.4. The predicted molar refractivity (Wildman–Crippen MR) is 123 cm³/mol. The summed E-state index contributed by atoms with van der Waals surface area (Å²) in [7, 11) is -8.47. The van der Waals surface area contributed by atoms with Crippen LogP contribution in [0.25, 0.3) is 0 Å². The molecule has 8 nitrogen and oxygen atoms in total. The normalized spacial score (nSPS) is 30.1. The van der Waals surface area contributed by atoms with Crippen molar-refractivity contribution in [2.45, 2.75) is 59.7 Å². The number of hydrazine groups is 1. The molecule has 0 saturated heterocycles. The number of carbonyl (C=O) groups excluding carboxylic acids is 1. The smallest absolute Gasteiger partial charge is 0.322 e. The van der Waals surface area contributed by atoms with E-state index in [1.807, 2.05) is 0 Å². The van der Waals surface area contributed by atoms with E-state index in [1.54, 1.807) is 6.92 Å². The number of allylic oxidation sites excluding steroid dienone is 2. The van der Waals surface area contributed by atoms with Crippen LogP contribution in [0.4, 0.5) is 8.78 Å². The van der Waals surface area contributed by atoms with Crippen molar-refractivity contribution in [1.82, 2.24) is 10.4 Å². The number of alkyl halides is 2. The van der Waals surface area contributed by atoms with Gasteiger partial charge in [-0.1, -0.05) is 30.0 Å². The first-order valence-corrected chi connectivity index (χ1v) is 14.7. The molecule has 1 aromatic carbocycles. The third kappa shape index (κ3) is 4.70. The maximum absolute atomic E-state index is 13.4. The monoisotopic (exact) mass is 534 g/mol. The fourth-order valence-corrected chi connectivity index (χ4v) is 8.68. The molecule has 0 spiro atoms. The average molecular weight is 535 g/mol. The van der Waals surface area contributed by atoms with E-state index in [9.17, 15) is 36.3 Å². The second-order valence-corrected chi connectivity index (χ2v) is 14.4. The van der Waals surface area contributed by atoms with Gasteiger partial charge in [0.05, 0.1) is 10.1 Å². The molecule has 1 heterocycles. The molecule has 3 N–H and O–H groups in total. The number of nitrogens with zero attached hydrogens (tertiary/aromatic N) is 1. The van der Waals surface area contributed by atoms with Crippen molar-refractivity contribution in [2.75, 3.05) is 0 Å². The van der Waals surface area contributed by atoms with E-state index >= 15 is 0 Å². The van der Waals surface area contributed by atoms with E-state index in [0.29, 0.717) is 17.7 Å². The van der Waals surface area contributed by atoms with Crippen molar-refractivity contribution < 1.29 is 36.3 Å². The van der Waals surface area contributed by atoms with Gasteiger partial charge in [-0.3, -0.25) is 19.8 Å². The van der Waals surface area contributed by atoms with Crippen LogP contribution in [0, 0.1) is 5.92 Å². The Balaban J connectivity index is 1.60. The molecule has 2 saturated carbocycles. The van der Waals surface area contributed by atoms with Gasteiger partial charge in [-0.2, -0.15) is 0 Å². The number of hydrogen-bond donors (Lipinski definition) is 3.